The van der Waals surface area contributed by atoms with Crippen LogP contribution in [-0.2, 0) is 11.3 Å². The van der Waals surface area contributed by atoms with E-state index in [1.807, 2.05) is 6.92 Å². The van der Waals surface area contributed by atoms with Crippen molar-refractivity contribution in [3.8, 4) is 0 Å². The molecule has 1 saturated heterocycles. The van der Waals surface area contributed by atoms with Crippen LogP contribution in [0.2, 0.25) is 0 Å². The van der Waals surface area contributed by atoms with Crippen molar-refractivity contribution < 1.29 is 14.1 Å². The lowest BCUT2D eigenvalue weighted by Gasteiger charge is -2.14. The van der Waals surface area contributed by atoms with Gasteiger partial charge in [0.25, 0.3) is 0 Å². The molecule has 2 atom stereocenters. The predicted molar refractivity (Wildman–Crippen MR) is 68.3 cm³/mol. The number of hydrogen-bond donors (Lipinski definition) is 1. The molecule has 0 saturated carbocycles. The van der Waals surface area contributed by atoms with Crippen LogP contribution in [0.4, 0.5) is 10.1 Å². The lowest BCUT2D eigenvalue weighted by atomic mass is 10.0. The van der Waals surface area contributed by atoms with Crippen LogP contribution < -0.4 is 5.32 Å². The fourth-order valence-corrected chi connectivity index (χ4v) is 2.25. The summed E-state index contributed by atoms with van der Waals surface area (Å²) < 4.78 is 18.9. The maximum atomic E-state index is 13.4. The molecule has 0 aromatic heterocycles. The van der Waals surface area contributed by atoms with Crippen molar-refractivity contribution in [2.75, 3.05) is 13.2 Å². The van der Waals surface area contributed by atoms with E-state index in [9.17, 15) is 14.5 Å². The van der Waals surface area contributed by atoms with E-state index in [2.05, 4.69) is 5.32 Å². The second kappa shape index (κ2) is 6.08. The maximum Gasteiger partial charge on any atom is 0.304 e. The van der Waals surface area contributed by atoms with Crippen LogP contribution in [0.3, 0.4) is 0 Å². The Kier molecular flexibility index (Phi) is 4.44. The van der Waals surface area contributed by atoms with Crippen molar-refractivity contribution >= 4 is 5.69 Å². The van der Waals surface area contributed by atoms with Crippen LogP contribution in [0.1, 0.15) is 18.9 Å². The Hall–Kier alpha value is -1.53. The van der Waals surface area contributed by atoms with E-state index < -0.39 is 16.4 Å². The molecule has 0 amide bonds. The van der Waals surface area contributed by atoms with Crippen LogP contribution in [0.5, 0.6) is 0 Å². The molecule has 1 aromatic rings. The molecule has 1 N–H and O–H groups in total. The average Bonchev–Trinajstić information content (AvgIpc) is 2.75. The van der Waals surface area contributed by atoms with Gasteiger partial charge in [-0.05, 0) is 30.9 Å². The fraction of sp³-hybridized carbons (Fsp3) is 0.538. The van der Waals surface area contributed by atoms with Crippen LogP contribution in [0.15, 0.2) is 18.2 Å². The maximum absolute atomic E-state index is 13.4. The minimum Gasteiger partial charge on any atom is -0.378 e. The number of nitrogens with zero attached hydrogens (tertiary/aromatic N) is 1. The van der Waals surface area contributed by atoms with Gasteiger partial charge in [0.15, 0.2) is 0 Å². The highest BCUT2D eigenvalue weighted by Crippen LogP contribution is 2.20. The molecule has 1 fully saturated rings. The first-order chi connectivity index (χ1) is 9.08. The Morgan fingerprint density at radius 2 is 2.37 bits per heavy atom. The first-order valence-electron chi connectivity index (χ1n) is 6.33. The standard InChI is InChI=1S/C13H17FN2O3/c1-9-11(4-5-19-9)8-15-7-10-2-3-13(16(17)18)12(14)6-10/h2-3,6,9,11,15H,4-5,7-8H2,1H3. The van der Waals surface area contributed by atoms with Crippen LogP contribution in [0, 0.1) is 21.8 Å². The first kappa shape index (κ1) is 13.9. The zero-order chi connectivity index (χ0) is 13.8. The molecule has 0 spiro atoms. The Bertz CT molecular complexity index is 467. The second-order valence-corrected chi connectivity index (χ2v) is 4.80. The van der Waals surface area contributed by atoms with Gasteiger partial charge in [0.05, 0.1) is 11.0 Å². The van der Waals surface area contributed by atoms with E-state index in [-0.39, 0.29) is 6.10 Å². The van der Waals surface area contributed by atoms with E-state index >= 15 is 0 Å². The monoisotopic (exact) mass is 268 g/mol. The highest BCUT2D eigenvalue weighted by atomic mass is 19.1. The van der Waals surface area contributed by atoms with Gasteiger partial charge in [0.1, 0.15) is 0 Å². The van der Waals surface area contributed by atoms with Crippen LogP contribution >= 0.6 is 0 Å². The Balaban J connectivity index is 1.86. The summed E-state index contributed by atoms with van der Waals surface area (Å²) in [7, 11) is 0. The number of halogens is 1. The van der Waals surface area contributed by atoms with Crippen LogP contribution in [0.25, 0.3) is 0 Å². The molecule has 6 heteroatoms. The third-order valence-electron chi connectivity index (χ3n) is 3.48. The second-order valence-electron chi connectivity index (χ2n) is 4.80. The van der Waals surface area contributed by atoms with E-state index in [0.717, 1.165) is 19.6 Å². The highest BCUT2D eigenvalue weighted by Gasteiger charge is 2.23. The van der Waals surface area contributed by atoms with Crippen molar-refractivity contribution in [3.63, 3.8) is 0 Å². The largest absolute Gasteiger partial charge is 0.378 e. The molecule has 0 bridgehead atoms. The van der Waals surface area contributed by atoms with Gasteiger partial charge in [0.2, 0.25) is 5.82 Å². The average molecular weight is 268 g/mol. The molecular weight excluding hydrogens is 251 g/mol. The Morgan fingerprint density at radius 3 is 2.95 bits per heavy atom. The molecule has 19 heavy (non-hydrogen) atoms. The van der Waals surface area contributed by atoms with Gasteiger partial charge < -0.3 is 10.1 Å². The molecule has 0 aliphatic carbocycles. The predicted octanol–water partition coefficient (Wildman–Crippen LogP) is 2.25. The van der Waals surface area contributed by atoms with Crippen molar-refractivity contribution in [1.29, 1.82) is 0 Å². The first-order valence-corrected chi connectivity index (χ1v) is 6.33. The molecule has 104 valence electrons. The van der Waals surface area contributed by atoms with Crippen molar-refractivity contribution in [3.05, 3.63) is 39.7 Å². The zero-order valence-corrected chi connectivity index (χ0v) is 10.8. The topological polar surface area (TPSA) is 64.4 Å². The minimum absolute atomic E-state index is 0.251. The molecule has 2 rings (SSSR count). The molecule has 1 aliphatic heterocycles. The van der Waals surface area contributed by atoms with E-state index in [0.29, 0.717) is 18.0 Å². The molecule has 0 radical (unpaired) electrons. The summed E-state index contributed by atoms with van der Waals surface area (Å²) in [4.78, 5) is 9.78. The lowest BCUT2D eigenvalue weighted by Crippen LogP contribution is -2.26. The zero-order valence-electron chi connectivity index (χ0n) is 10.8. The summed E-state index contributed by atoms with van der Waals surface area (Å²) in [5.41, 5.74) is 0.219. The lowest BCUT2D eigenvalue weighted by molar-refractivity contribution is -0.387. The summed E-state index contributed by atoms with van der Waals surface area (Å²) in [6.07, 6.45) is 1.28. The van der Waals surface area contributed by atoms with Gasteiger partial charge >= 0.3 is 5.69 Å². The smallest absolute Gasteiger partial charge is 0.304 e. The van der Waals surface area contributed by atoms with Crippen LogP contribution in [-0.4, -0.2) is 24.2 Å². The quantitative estimate of drug-likeness (QED) is 0.657. The summed E-state index contributed by atoms with van der Waals surface area (Å²) in [5.74, 6) is -0.315. The number of benzene rings is 1. The van der Waals surface area contributed by atoms with Gasteiger partial charge in [-0.25, -0.2) is 0 Å². The van der Waals surface area contributed by atoms with E-state index in [4.69, 9.17) is 4.74 Å². The van der Waals surface area contributed by atoms with Gasteiger partial charge in [-0.15, -0.1) is 0 Å². The van der Waals surface area contributed by atoms with E-state index in [1.165, 1.54) is 12.1 Å². The number of rotatable bonds is 5. The minimum atomic E-state index is -0.790. The van der Waals surface area contributed by atoms with E-state index in [1.54, 1.807) is 6.07 Å². The molecule has 2 unspecified atom stereocenters. The van der Waals surface area contributed by atoms with Gasteiger partial charge in [-0.3, -0.25) is 10.1 Å². The molecular formula is C13H17FN2O3. The summed E-state index contributed by atoms with van der Waals surface area (Å²) in [6.45, 7) is 4.14. The van der Waals surface area contributed by atoms with Gasteiger partial charge in [-0.2, -0.15) is 4.39 Å². The van der Waals surface area contributed by atoms with Gasteiger partial charge in [-0.1, -0.05) is 6.07 Å². The number of nitrogens with one attached hydrogen (secondary N) is 1. The van der Waals surface area contributed by atoms with Crippen molar-refractivity contribution in [2.24, 2.45) is 5.92 Å². The molecule has 5 nitrogen and oxygen atoms in total. The number of hydrogen-bond acceptors (Lipinski definition) is 4. The van der Waals surface area contributed by atoms with Crippen molar-refractivity contribution in [2.45, 2.75) is 26.0 Å². The normalized spacial score (nSPS) is 22.6. The number of nitro groups is 1. The Labute approximate surface area is 110 Å². The molecule has 1 heterocycles. The summed E-state index contributed by atoms with van der Waals surface area (Å²) in [6, 6.07) is 3.98. The van der Waals surface area contributed by atoms with Crippen molar-refractivity contribution in [1.82, 2.24) is 5.32 Å². The fourth-order valence-electron chi connectivity index (χ4n) is 2.25. The molecule has 1 aliphatic rings. The third kappa shape index (κ3) is 3.48. The van der Waals surface area contributed by atoms with Gasteiger partial charge in [0, 0.05) is 25.8 Å². The third-order valence-corrected chi connectivity index (χ3v) is 3.48. The summed E-state index contributed by atoms with van der Waals surface area (Å²) >= 11 is 0. The summed E-state index contributed by atoms with van der Waals surface area (Å²) in [5, 5.41) is 13.7. The Morgan fingerprint density at radius 1 is 1.58 bits per heavy atom. The molecule has 1 aromatic carbocycles. The highest BCUT2D eigenvalue weighted by molar-refractivity contribution is 5.34. The number of ether oxygens (including phenoxy) is 1. The number of nitro benzene ring substituents is 1. The SMILES string of the molecule is CC1OCCC1CNCc1ccc([N+](=O)[O-])c(F)c1.